The molecule has 33 heavy (non-hydrogen) atoms. The number of pyridine rings is 1. The Hall–Kier alpha value is -2.84. The van der Waals surface area contributed by atoms with E-state index in [1.165, 1.54) is 0 Å². The van der Waals surface area contributed by atoms with Gasteiger partial charge in [0.15, 0.2) is 5.65 Å². The van der Waals surface area contributed by atoms with Crippen LogP contribution in [-0.4, -0.2) is 63.5 Å². The van der Waals surface area contributed by atoms with Crippen LogP contribution in [0, 0.1) is 13.8 Å². The van der Waals surface area contributed by atoms with Crippen LogP contribution in [0.5, 0.6) is 5.88 Å². The number of alkyl carbamates (subject to hydrolysis) is 1. The molecule has 1 aliphatic heterocycles. The molecule has 1 fully saturated rings. The minimum absolute atomic E-state index is 0.0139. The van der Waals surface area contributed by atoms with Gasteiger partial charge in [-0.15, -0.1) is 5.10 Å². The molecule has 182 valence electrons. The summed E-state index contributed by atoms with van der Waals surface area (Å²) in [5, 5.41) is 8.13. The summed E-state index contributed by atoms with van der Waals surface area (Å²) in [6.07, 6.45) is 3.44. The second kappa shape index (κ2) is 9.97. The smallest absolute Gasteiger partial charge is 0.407 e. The molecule has 3 rings (SSSR count). The number of methoxy groups -OCH3 is 1. The highest BCUT2D eigenvalue weighted by molar-refractivity contribution is 5.86. The lowest BCUT2D eigenvalue weighted by atomic mass is 9.98. The van der Waals surface area contributed by atoms with Gasteiger partial charge in [-0.2, -0.15) is 0 Å². The summed E-state index contributed by atoms with van der Waals surface area (Å²) in [5.41, 5.74) is 3.25. The highest BCUT2D eigenvalue weighted by Crippen LogP contribution is 2.30. The fraction of sp³-hybridized carbons (Fsp3) is 0.667. The molecule has 1 unspecified atom stereocenters. The van der Waals surface area contributed by atoms with Crippen LogP contribution >= 0.6 is 0 Å². The van der Waals surface area contributed by atoms with Crippen molar-refractivity contribution in [3.63, 3.8) is 0 Å². The number of fused-ring (bicyclic) bond motifs is 1. The largest absolute Gasteiger partial charge is 0.479 e. The number of aromatic nitrogens is 3. The predicted molar refractivity (Wildman–Crippen MR) is 126 cm³/mol. The number of nitrogens with zero attached hydrogens (tertiary/aromatic N) is 4. The predicted octanol–water partition coefficient (Wildman–Crippen LogP) is 3.43. The Morgan fingerprint density at radius 3 is 2.61 bits per heavy atom. The van der Waals surface area contributed by atoms with Gasteiger partial charge >= 0.3 is 6.09 Å². The Labute approximate surface area is 195 Å². The first kappa shape index (κ1) is 24.8. The van der Waals surface area contributed by atoms with Gasteiger partial charge in [0.25, 0.3) is 0 Å². The Bertz CT molecular complexity index is 1020. The normalized spacial score (nSPS) is 16.7. The molecule has 0 spiro atoms. The Morgan fingerprint density at radius 2 is 1.94 bits per heavy atom. The quantitative estimate of drug-likeness (QED) is 0.711. The van der Waals surface area contributed by atoms with Gasteiger partial charge in [0.2, 0.25) is 11.8 Å². The molecule has 3 heterocycles. The maximum atomic E-state index is 13.2. The van der Waals surface area contributed by atoms with Crippen molar-refractivity contribution < 1.29 is 19.1 Å². The number of aryl methyl sites for hydroxylation is 3. The van der Waals surface area contributed by atoms with E-state index in [4.69, 9.17) is 14.5 Å². The number of ether oxygens (including phenoxy) is 2. The van der Waals surface area contributed by atoms with E-state index in [2.05, 4.69) is 10.4 Å². The Morgan fingerprint density at radius 1 is 1.21 bits per heavy atom. The standard InChI is InChI=1S/C24H37N5O4/c1-15-18(16(2)26-21-20(15)22(32-7)27-28(21)6)11-12-19(30)29-13-9-8-10-17(29)14-25-23(31)33-24(3,4)5/h17H,8-14H2,1-7H3,(H,25,31). The summed E-state index contributed by atoms with van der Waals surface area (Å²) in [4.78, 5) is 31.9. The zero-order valence-electron chi connectivity index (χ0n) is 20.9. The molecule has 0 bridgehead atoms. The van der Waals surface area contributed by atoms with Gasteiger partial charge in [0, 0.05) is 38.3 Å². The molecule has 9 heteroatoms. The molecule has 1 saturated heterocycles. The highest BCUT2D eigenvalue weighted by Gasteiger charge is 2.28. The van der Waals surface area contributed by atoms with Crippen molar-refractivity contribution >= 4 is 23.0 Å². The van der Waals surface area contributed by atoms with Crippen molar-refractivity contribution in [3.05, 3.63) is 16.8 Å². The molecular formula is C24H37N5O4. The lowest BCUT2D eigenvalue weighted by Gasteiger charge is -2.36. The summed E-state index contributed by atoms with van der Waals surface area (Å²) < 4.78 is 12.5. The van der Waals surface area contributed by atoms with Crippen LogP contribution in [0.1, 0.15) is 63.3 Å². The molecule has 2 aromatic heterocycles. The zero-order chi connectivity index (χ0) is 24.3. The van der Waals surface area contributed by atoms with Crippen LogP contribution in [0.3, 0.4) is 0 Å². The average molecular weight is 460 g/mol. The number of piperidine rings is 1. The van der Waals surface area contributed by atoms with E-state index in [0.29, 0.717) is 31.8 Å². The first-order chi connectivity index (χ1) is 15.5. The summed E-state index contributed by atoms with van der Waals surface area (Å²) in [6, 6.07) is -0.0139. The molecule has 0 aromatic carbocycles. The number of carbonyl (C=O) groups is 2. The first-order valence-electron chi connectivity index (χ1n) is 11.6. The van der Waals surface area contributed by atoms with Crippen molar-refractivity contribution in [3.8, 4) is 5.88 Å². The van der Waals surface area contributed by atoms with Crippen molar-refractivity contribution in [1.82, 2.24) is 25.0 Å². The van der Waals surface area contributed by atoms with Crippen molar-refractivity contribution in [1.29, 1.82) is 0 Å². The average Bonchev–Trinajstić information content (AvgIpc) is 3.06. The minimum atomic E-state index is -0.548. The maximum absolute atomic E-state index is 13.2. The van der Waals surface area contributed by atoms with Crippen LogP contribution < -0.4 is 10.1 Å². The van der Waals surface area contributed by atoms with E-state index >= 15 is 0 Å². The van der Waals surface area contributed by atoms with Crippen molar-refractivity contribution in [2.75, 3.05) is 20.2 Å². The Kier molecular flexibility index (Phi) is 7.49. The first-order valence-corrected chi connectivity index (χ1v) is 11.6. The molecule has 2 aromatic rings. The Balaban J connectivity index is 1.69. The summed E-state index contributed by atoms with van der Waals surface area (Å²) in [6.45, 7) is 10.6. The van der Waals surface area contributed by atoms with Gasteiger partial charge in [0.1, 0.15) is 5.60 Å². The monoisotopic (exact) mass is 459 g/mol. The van der Waals surface area contributed by atoms with Gasteiger partial charge < -0.3 is 19.7 Å². The summed E-state index contributed by atoms with van der Waals surface area (Å²) in [5.74, 6) is 0.650. The number of nitrogens with one attached hydrogen (secondary N) is 1. The van der Waals surface area contributed by atoms with Crippen molar-refractivity contribution in [2.45, 2.75) is 78.4 Å². The topological polar surface area (TPSA) is 98.6 Å². The number of hydrogen-bond donors (Lipinski definition) is 1. The molecule has 0 aliphatic carbocycles. The van der Waals surface area contributed by atoms with E-state index < -0.39 is 11.7 Å². The molecule has 1 aliphatic rings. The minimum Gasteiger partial charge on any atom is -0.479 e. The van der Waals surface area contributed by atoms with Gasteiger partial charge in [-0.1, -0.05) is 0 Å². The number of likely N-dealkylation sites (tertiary alicyclic amines) is 1. The van der Waals surface area contributed by atoms with Gasteiger partial charge in [0.05, 0.1) is 12.5 Å². The van der Waals surface area contributed by atoms with E-state index in [1.54, 1.807) is 11.8 Å². The molecule has 9 nitrogen and oxygen atoms in total. The van der Waals surface area contributed by atoms with Crippen LogP contribution in [0.2, 0.25) is 0 Å². The van der Waals surface area contributed by atoms with Crippen LogP contribution in [0.15, 0.2) is 0 Å². The molecule has 0 saturated carbocycles. The molecule has 1 atom stereocenters. The lowest BCUT2D eigenvalue weighted by Crippen LogP contribution is -2.50. The number of rotatable bonds is 6. The number of carbonyl (C=O) groups excluding carboxylic acids is 2. The van der Waals surface area contributed by atoms with E-state index in [9.17, 15) is 9.59 Å². The highest BCUT2D eigenvalue weighted by atomic mass is 16.6. The fourth-order valence-corrected chi connectivity index (χ4v) is 4.54. The zero-order valence-corrected chi connectivity index (χ0v) is 20.9. The van der Waals surface area contributed by atoms with Crippen molar-refractivity contribution in [2.24, 2.45) is 7.05 Å². The SMILES string of the molecule is COc1nn(C)c2nc(C)c(CCC(=O)N3CCCCC3CNC(=O)OC(C)(C)C)c(C)c12. The van der Waals surface area contributed by atoms with Gasteiger partial charge in [-0.3, -0.25) is 4.79 Å². The second-order valence-electron chi connectivity index (χ2n) is 9.75. The van der Waals surface area contributed by atoms with Crippen LogP contribution in [0.4, 0.5) is 4.79 Å². The number of amides is 2. The van der Waals surface area contributed by atoms with Gasteiger partial charge in [-0.05, 0) is 71.4 Å². The van der Waals surface area contributed by atoms with E-state index in [0.717, 1.165) is 47.1 Å². The van der Waals surface area contributed by atoms with Gasteiger partial charge in [-0.25, -0.2) is 14.5 Å². The molecule has 1 N–H and O–H groups in total. The third-order valence-corrected chi connectivity index (χ3v) is 6.13. The molecular weight excluding hydrogens is 422 g/mol. The molecule has 0 radical (unpaired) electrons. The second-order valence-corrected chi connectivity index (χ2v) is 9.75. The van der Waals surface area contributed by atoms with E-state index in [-0.39, 0.29) is 11.9 Å². The van der Waals surface area contributed by atoms with Crippen LogP contribution in [-0.2, 0) is 23.0 Å². The molecule has 2 amide bonds. The number of hydrogen-bond acceptors (Lipinski definition) is 6. The lowest BCUT2D eigenvalue weighted by molar-refractivity contribution is -0.134. The fourth-order valence-electron chi connectivity index (χ4n) is 4.54. The summed E-state index contributed by atoms with van der Waals surface area (Å²) >= 11 is 0. The third kappa shape index (κ3) is 5.75. The van der Waals surface area contributed by atoms with Crippen LogP contribution in [0.25, 0.3) is 11.0 Å². The third-order valence-electron chi connectivity index (χ3n) is 6.13. The van der Waals surface area contributed by atoms with E-state index in [1.807, 2.05) is 46.6 Å². The maximum Gasteiger partial charge on any atom is 0.407 e. The summed E-state index contributed by atoms with van der Waals surface area (Å²) in [7, 11) is 3.45.